The number of aliphatic hydroxyl groups is 1. The highest BCUT2D eigenvalue weighted by molar-refractivity contribution is 9.10. The van der Waals surface area contributed by atoms with Crippen LogP contribution in [0.4, 0.5) is 5.82 Å². The molecule has 15 heavy (non-hydrogen) atoms. The molecule has 0 aliphatic rings. The van der Waals surface area contributed by atoms with Gasteiger partial charge in [0.2, 0.25) is 5.28 Å². The highest BCUT2D eigenvalue weighted by Gasteiger charge is 2.07. The Kier molecular flexibility index (Phi) is 5.28. The van der Waals surface area contributed by atoms with Gasteiger partial charge in [0.25, 0.3) is 0 Å². The van der Waals surface area contributed by atoms with E-state index in [1.807, 2.05) is 6.92 Å². The number of nitrogens with one attached hydrogen (secondary N) is 1. The van der Waals surface area contributed by atoms with E-state index >= 15 is 0 Å². The lowest BCUT2D eigenvalue weighted by Gasteiger charge is -2.14. The van der Waals surface area contributed by atoms with E-state index in [0.29, 0.717) is 5.82 Å². The molecule has 0 fully saturated rings. The Bertz CT molecular complexity index is 324. The van der Waals surface area contributed by atoms with E-state index in [0.717, 1.165) is 17.3 Å². The molecule has 6 heteroatoms. The first kappa shape index (κ1) is 12.7. The highest BCUT2D eigenvalue weighted by Crippen LogP contribution is 2.21. The molecule has 1 heterocycles. The van der Waals surface area contributed by atoms with Crippen molar-refractivity contribution >= 4 is 33.3 Å². The van der Waals surface area contributed by atoms with Crippen molar-refractivity contribution in [2.45, 2.75) is 25.8 Å². The lowest BCUT2D eigenvalue weighted by atomic mass is 10.2. The molecule has 1 aromatic heterocycles. The molecule has 1 unspecified atom stereocenters. The average molecular weight is 295 g/mol. The van der Waals surface area contributed by atoms with Gasteiger partial charge < -0.3 is 10.4 Å². The van der Waals surface area contributed by atoms with Gasteiger partial charge in [0, 0.05) is 18.8 Å². The number of rotatable bonds is 5. The summed E-state index contributed by atoms with van der Waals surface area (Å²) in [6, 6.07) is 0.236. The van der Waals surface area contributed by atoms with Gasteiger partial charge in [-0.1, -0.05) is 0 Å². The monoisotopic (exact) mass is 293 g/mol. The van der Waals surface area contributed by atoms with Gasteiger partial charge >= 0.3 is 0 Å². The maximum absolute atomic E-state index is 8.70. The van der Waals surface area contributed by atoms with Gasteiger partial charge in [0.05, 0.1) is 4.47 Å². The second-order valence-corrected chi connectivity index (χ2v) is 4.44. The number of hydrogen-bond acceptors (Lipinski definition) is 4. The summed E-state index contributed by atoms with van der Waals surface area (Å²) < 4.78 is 0.780. The Hall–Kier alpha value is -0.390. The second-order valence-electron chi connectivity index (χ2n) is 3.25. The van der Waals surface area contributed by atoms with Gasteiger partial charge in [-0.05, 0) is 47.3 Å². The number of anilines is 1. The summed E-state index contributed by atoms with van der Waals surface area (Å²) in [5.41, 5.74) is 0. The molecule has 1 rings (SSSR count). The van der Waals surface area contributed by atoms with E-state index < -0.39 is 0 Å². The Morgan fingerprint density at radius 1 is 1.67 bits per heavy atom. The first-order valence-corrected chi connectivity index (χ1v) is 5.86. The number of aromatic nitrogens is 2. The Labute approximate surface area is 102 Å². The van der Waals surface area contributed by atoms with E-state index in [2.05, 4.69) is 31.2 Å². The fraction of sp³-hybridized carbons (Fsp3) is 0.556. The molecule has 4 nitrogen and oxygen atoms in total. The van der Waals surface area contributed by atoms with Gasteiger partial charge in [0.15, 0.2) is 0 Å². The van der Waals surface area contributed by atoms with Crippen LogP contribution < -0.4 is 5.32 Å². The summed E-state index contributed by atoms with van der Waals surface area (Å²) in [4.78, 5) is 7.89. The normalized spacial score (nSPS) is 12.5. The third-order valence-corrected chi connectivity index (χ3v) is 2.66. The van der Waals surface area contributed by atoms with Crippen molar-refractivity contribution in [2.24, 2.45) is 0 Å². The predicted molar refractivity (Wildman–Crippen MR) is 64.1 cm³/mol. The van der Waals surface area contributed by atoms with Crippen LogP contribution in [0.1, 0.15) is 19.8 Å². The van der Waals surface area contributed by atoms with Gasteiger partial charge in [0.1, 0.15) is 5.82 Å². The minimum Gasteiger partial charge on any atom is -0.396 e. The van der Waals surface area contributed by atoms with Crippen LogP contribution in [0.2, 0.25) is 5.28 Å². The van der Waals surface area contributed by atoms with E-state index in [9.17, 15) is 0 Å². The highest BCUT2D eigenvalue weighted by atomic mass is 79.9. The molecular formula is C9H13BrClN3O. The van der Waals surface area contributed by atoms with Gasteiger partial charge in [-0.25, -0.2) is 4.98 Å². The van der Waals surface area contributed by atoms with Crippen LogP contribution in [0.5, 0.6) is 0 Å². The maximum atomic E-state index is 8.70. The smallest absolute Gasteiger partial charge is 0.224 e. The fourth-order valence-corrected chi connectivity index (χ4v) is 1.59. The first-order chi connectivity index (χ1) is 7.13. The van der Waals surface area contributed by atoms with Crippen LogP contribution in [-0.4, -0.2) is 27.7 Å². The maximum Gasteiger partial charge on any atom is 0.224 e. The van der Waals surface area contributed by atoms with Crippen molar-refractivity contribution in [2.75, 3.05) is 11.9 Å². The van der Waals surface area contributed by atoms with Crippen LogP contribution in [0, 0.1) is 0 Å². The standard InChI is InChI=1S/C9H13BrClN3O/c1-6(3-2-4-15)13-8-7(10)5-12-9(11)14-8/h5-6,15H,2-4H2,1H3,(H,12,13,14). The zero-order chi connectivity index (χ0) is 11.3. The van der Waals surface area contributed by atoms with E-state index in [1.54, 1.807) is 6.20 Å². The second kappa shape index (κ2) is 6.25. The first-order valence-electron chi connectivity index (χ1n) is 4.69. The number of aliphatic hydroxyl groups excluding tert-OH is 1. The SMILES string of the molecule is CC(CCCO)Nc1nc(Cl)ncc1Br. The quantitative estimate of drug-likeness (QED) is 0.819. The number of nitrogens with zero attached hydrogens (tertiary/aromatic N) is 2. The summed E-state index contributed by atoms with van der Waals surface area (Å²) in [5.74, 6) is 0.681. The third-order valence-electron chi connectivity index (χ3n) is 1.89. The minimum atomic E-state index is 0.206. The fourth-order valence-electron chi connectivity index (χ4n) is 1.15. The molecule has 2 N–H and O–H groups in total. The van der Waals surface area contributed by atoms with Crippen molar-refractivity contribution < 1.29 is 5.11 Å². The number of hydrogen-bond donors (Lipinski definition) is 2. The molecule has 0 aliphatic carbocycles. The van der Waals surface area contributed by atoms with Crippen LogP contribution >= 0.6 is 27.5 Å². The van der Waals surface area contributed by atoms with Crippen LogP contribution in [-0.2, 0) is 0 Å². The molecule has 0 aromatic carbocycles. The predicted octanol–water partition coefficient (Wildman–Crippen LogP) is 2.47. The molecule has 0 saturated carbocycles. The molecule has 1 atom stereocenters. The Morgan fingerprint density at radius 2 is 2.40 bits per heavy atom. The molecule has 0 amide bonds. The molecular weight excluding hydrogens is 281 g/mol. The van der Waals surface area contributed by atoms with Crippen molar-refractivity contribution in [1.82, 2.24) is 9.97 Å². The van der Waals surface area contributed by atoms with Crippen LogP contribution in [0.25, 0.3) is 0 Å². The van der Waals surface area contributed by atoms with Crippen molar-refractivity contribution in [1.29, 1.82) is 0 Å². The van der Waals surface area contributed by atoms with E-state index in [-0.39, 0.29) is 17.9 Å². The summed E-state index contributed by atoms with van der Waals surface area (Å²) in [6.45, 7) is 2.23. The average Bonchev–Trinajstić information content (AvgIpc) is 2.20. The zero-order valence-corrected chi connectivity index (χ0v) is 10.7. The summed E-state index contributed by atoms with van der Waals surface area (Å²) in [5, 5.41) is 12.1. The van der Waals surface area contributed by atoms with E-state index in [1.165, 1.54) is 0 Å². The Balaban J connectivity index is 2.59. The van der Waals surface area contributed by atoms with Crippen molar-refractivity contribution in [3.05, 3.63) is 16.0 Å². The lowest BCUT2D eigenvalue weighted by Crippen LogP contribution is -2.17. The van der Waals surface area contributed by atoms with Crippen molar-refractivity contribution in [3.63, 3.8) is 0 Å². The molecule has 1 aromatic rings. The zero-order valence-electron chi connectivity index (χ0n) is 8.37. The summed E-state index contributed by atoms with van der Waals surface area (Å²) >= 11 is 9.01. The number of halogens is 2. The lowest BCUT2D eigenvalue weighted by molar-refractivity contribution is 0.282. The topological polar surface area (TPSA) is 58.0 Å². The minimum absolute atomic E-state index is 0.206. The van der Waals surface area contributed by atoms with Crippen molar-refractivity contribution in [3.8, 4) is 0 Å². The molecule has 0 spiro atoms. The van der Waals surface area contributed by atoms with Gasteiger partial charge in [-0.15, -0.1) is 0 Å². The van der Waals surface area contributed by atoms with Gasteiger partial charge in [-0.3, -0.25) is 0 Å². The third kappa shape index (κ3) is 4.32. The van der Waals surface area contributed by atoms with Crippen LogP contribution in [0.3, 0.4) is 0 Å². The molecule has 0 radical (unpaired) electrons. The largest absolute Gasteiger partial charge is 0.396 e. The Morgan fingerprint density at radius 3 is 3.07 bits per heavy atom. The molecule has 0 aliphatic heterocycles. The molecule has 0 bridgehead atoms. The molecule has 0 saturated heterocycles. The van der Waals surface area contributed by atoms with Crippen LogP contribution in [0.15, 0.2) is 10.7 Å². The molecule has 84 valence electrons. The summed E-state index contributed by atoms with van der Waals surface area (Å²) in [6.07, 6.45) is 3.26. The van der Waals surface area contributed by atoms with E-state index in [4.69, 9.17) is 16.7 Å². The summed E-state index contributed by atoms with van der Waals surface area (Å²) in [7, 11) is 0. The van der Waals surface area contributed by atoms with Gasteiger partial charge in [-0.2, -0.15) is 4.98 Å².